The third-order valence-electron chi connectivity index (χ3n) is 8.52. The van der Waals surface area contributed by atoms with Crippen LogP contribution in [-0.4, -0.2) is 16.7 Å². The Hall–Kier alpha value is -0.550. The first-order valence-corrected chi connectivity index (χ1v) is 17.5. The second-order valence-corrected chi connectivity index (χ2v) is 15.7. The summed E-state index contributed by atoms with van der Waals surface area (Å²) in [6.45, 7) is 14.3. The molecule has 0 nitrogen and oxygen atoms in total. The Morgan fingerprint density at radius 1 is 0.676 bits per heavy atom. The fourth-order valence-electron chi connectivity index (χ4n) is 6.59. The smallest absolute Gasteiger partial charge is 0.0967 e. The molecule has 0 atom stereocenters. The van der Waals surface area contributed by atoms with Gasteiger partial charge in [0.25, 0.3) is 0 Å². The maximum Gasteiger partial charge on any atom is 0.0967 e. The van der Waals surface area contributed by atoms with Crippen molar-refractivity contribution in [3.63, 3.8) is 0 Å². The van der Waals surface area contributed by atoms with Gasteiger partial charge in [-0.15, -0.1) is 23.2 Å². The van der Waals surface area contributed by atoms with Crippen molar-refractivity contribution >= 4 is 36.4 Å². The van der Waals surface area contributed by atoms with E-state index in [2.05, 4.69) is 77.9 Å². The molecular weight excluding hydrogens is 510 g/mol. The van der Waals surface area contributed by atoms with Crippen LogP contribution >= 0.6 is 31.1 Å². The molecule has 0 saturated heterocycles. The number of halogens is 2. The molecule has 2 saturated carbocycles. The van der Waals surface area contributed by atoms with Crippen molar-refractivity contribution in [2.24, 2.45) is 0 Å². The van der Waals surface area contributed by atoms with Gasteiger partial charge in [-0.1, -0.05) is 124 Å². The van der Waals surface area contributed by atoms with Gasteiger partial charge in [0.15, 0.2) is 0 Å². The van der Waals surface area contributed by atoms with Crippen LogP contribution in [0.2, 0.25) is 0 Å². The van der Waals surface area contributed by atoms with Crippen LogP contribution in [-0.2, 0) is 0 Å². The molecule has 2 fully saturated rings. The van der Waals surface area contributed by atoms with Gasteiger partial charge in [-0.3, -0.25) is 0 Å². The standard InChI is InChI=1S/C33H49P.CH2Cl2/c1-23(2)26-21-30(24(3)4)33(31(22-26)25(5)6)29-19-13-14-20-32(29)34(27-15-9-7-10-16-27)28-17-11-8-12-18-28;2-1-3/h13-14,19-25,27-28H,7-12,15-18H2,1-6H3;1H2. The Labute approximate surface area is 240 Å². The molecule has 0 amide bonds. The summed E-state index contributed by atoms with van der Waals surface area (Å²) in [5.74, 6) is 1.64. The molecule has 0 bridgehead atoms. The van der Waals surface area contributed by atoms with E-state index in [0.717, 1.165) is 11.3 Å². The minimum Gasteiger partial charge on any atom is -0.109 e. The highest BCUT2D eigenvalue weighted by atomic mass is 35.5. The van der Waals surface area contributed by atoms with Crippen molar-refractivity contribution < 1.29 is 0 Å². The summed E-state index contributed by atoms with van der Waals surface area (Å²) < 4.78 is 0. The molecule has 0 unspecified atom stereocenters. The lowest BCUT2D eigenvalue weighted by molar-refractivity contribution is 0.487. The fourth-order valence-corrected chi connectivity index (χ4v) is 10.5. The normalized spacial score (nSPS) is 17.5. The Bertz CT molecular complexity index is 905. The van der Waals surface area contributed by atoms with Crippen LogP contribution in [0.15, 0.2) is 36.4 Å². The summed E-state index contributed by atoms with van der Waals surface area (Å²) in [6.07, 6.45) is 14.6. The minimum absolute atomic E-state index is 0.120. The summed E-state index contributed by atoms with van der Waals surface area (Å²) in [7, 11) is -0.120. The maximum atomic E-state index is 4.76. The highest BCUT2D eigenvalue weighted by Gasteiger charge is 2.34. The topological polar surface area (TPSA) is 0 Å². The zero-order valence-electron chi connectivity index (χ0n) is 24.3. The zero-order chi connectivity index (χ0) is 26.9. The van der Waals surface area contributed by atoms with Crippen molar-refractivity contribution in [1.29, 1.82) is 0 Å². The molecule has 2 aliphatic rings. The molecule has 0 aliphatic heterocycles. The van der Waals surface area contributed by atoms with Crippen molar-refractivity contribution in [3.05, 3.63) is 53.1 Å². The van der Waals surface area contributed by atoms with Crippen molar-refractivity contribution in [2.45, 2.75) is 135 Å². The molecule has 3 heteroatoms. The second kappa shape index (κ2) is 15.3. The van der Waals surface area contributed by atoms with Gasteiger partial charge in [-0.25, -0.2) is 0 Å². The molecule has 0 N–H and O–H groups in total. The van der Waals surface area contributed by atoms with Gasteiger partial charge in [0.2, 0.25) is 0 Å². The van der Waals surface area contributed by atoms with E-state index in [1.807, 2.05) is 0 Å². The summed E-state index contributed by atoms with van der Waals surface area (Å²) >= 11 is 9.53. The Balaban J connectivity index is 0.00000121. The Morgan fingerprint density at radius 2 is 1.11 bits per heavy atom. The highest BCUT2D eigenvalue weighted by molar-refractivity contribution is 7.67. The van der Waals surface area contributed by atoms with Crippen molar-refractivity contribution in [3.8, 4) is 11.1 Å². The first-order valence-electron chi connectivity index (χ1n) is 15.0. The van der Waals surface area contributed by atoms with Gasteiger partial charge in [-0.05, 0) is 87.9 Å². The van der Waals surface area contributed by atoms with E-state index in [-0.39, 0.29) is 13.3 Å². The molecule has 2 aliphatic carbocycles. The van der Waals surface area contributed by atoms with Gasteiger partial charge in [-0.2, -0.15) is 0 Å². The van der Waals surface area contributed by atoms with Crippen LogP contribution in [0.3, 0.4) is 0 Å². The number of alkyl halides is 2. The largest absolute Gasteiger partial charge is 0.109 e. The van der Waals surface area contributed by atoms with Crippen LogP contribution in [0.1, 0.15) is 140 Å². The van der Waals surface area contributed by atoms with Gasteiger partial charge in [0.1, 0.15) is 0 Å². The minimum atomic E-state index is -0.120. The van der Waals surface area contributed by atoms with Crippen LogP contribution in [0.25, 0.3) is 11.1 Å². The lowest BCUT2D eigenvalue weighted by atomic mass is 9.82. The second-order valence-electron chi connectivity index (χ2n) is 12.1. The SMILES string of the molecule is CC(C)c1cc(C(C)C)c(-c2ccccc2P(C2CCCCC2)C2CCCCC2)c(C(C)C)c1.ClCCl. The Morgan fingerprint density at radius 3 is 1.51 bits per heavy atom. The average Bonchev–Trinajstić information content (AvgIpc) is 2.90. The first-order chi connectivity index (χ1) is 17.8. The van der Waals surface area contributed by atoms with E-state index in [4.69, 9.17) is 23.2 Å². The summed E-state index contributed by atoms with van der Waals surface area (Å²) in [4.78, 5) is 0. The molecule has 2 aromatic rings. The fraction of sp³-hybridized carbons (Fsp3) is 0.647. The van der Waals surface area contributed by atoms with E-state index >= 15 is 0 Å². The molecule has 37 heavy (non-hydrogen) atoms. The van der Waals surface area contributed by atoms with Crippen LogP contribution in [0.4, 0.5) is 0 Å². The number of benzene rings is 2. The van der Waals surface area contributed by atoms with Crippen LogP contribution in [0, 0.1) is 0 Å². The third kappa shape index (κ3) is 7.99. The van der Waals surface area contributed by atoms with Gasteiger partial charge in [0.05, 0.1) is 5.34 Å². The third-order valence-corrected chi connectivity index (χ3v) is 12.1. The average molecular weight is 562 g/mol. The van der Waals surface area contributed by atoms with Gasteiger partial charge >= 0.3 is 0 Å². The van der Waals surface area contributed by atoms with E-state index in [9.17, 15) is 0 Å². The first kappa shape index (κ1) is 31.0. The molecule has 206 valence electrons. The van der Waals surface area contributed by atoms with Crippen molar-refractivity contribution in [2.75, 3.05) is 5.34 Å². The number of rotatable bonds is 7. The monoisotopic (exact) mass is 560 g/mol. The molecule has 0 aromatic heterocycles. The highest BCUT2D eigenvalue weighted by Crippen LogP contribution is 2.56. The quantitative estimate of drug-likeness (QED) is 0.233. The van der Waals surface area contributed by atoms with Crippen LogP contribution in [0.5, 0.6) is 0 Å². The Kier molecular flexibility index (Phi) is 12.8. The van der Waals surface area contributed by atoms with E-state index < -0.39 is 0 Å². The molecule has 0 spiro atoms. The van der Waals surface area contributed by atoms with E-state index in [1.54, 1.807) is 27.6 Å². The van der Waals surface area contributed by atoms with Crippen LogP contribution < -0.4 is 5.30 Å². The predicted molar refractivity (Wildman–Crippen MR) is 171 cm³/mol. The molecular formula is C34H51Cl2P. The van der Waals surface area contributed by atoms with E-state index in [1.165, 1.54) is 69.8 Å². The molecule has 0 heterocycles. The molecule has 4 rings (SSSR count). The van der Waals surface area contributed by atoms with E-state index in [0.29, 0.717) is 17.8 Å². The molecule has 0 radical (unpaired) electrons. The lowest BCUT2D eigenvalue weighted by Gasteiger charge is -2.40. The van der Waals surface area contributed by atoms with Crippen molar-refractivity contribution in [1.82, 2.24) is 0 Å². The van der Waals surface area contributed by atoms with Gasteiger partial charge < -0.3 is 0 Å². The maximum absolute atomic E-state index is 4.76. The summed E-state index contributed by atoms with van der Waals surface area (Å²) in [5.41, 5.74) is 9.71. The number of hydrogen-bond donors (Lipinski definition) is 0. The molecule has 2 aromatic carbocycles. The predicted octanol–water partition coefficient (Wildman–Crippen LogP) is 11.9. The zero-order valence-corrected chi connectivity index (χ0v) is 26.7. The summed E-state index contributed by atoms with van der Waals surface area (Å²) in [6, 6.07) is 14.8. The van der Waals surface area contributed by atoms with Gasteiger partial charge in [0, 0.05) is 0 Å². The number of hydrogen-bond acceptors (Lipinski definition) is 0. The summed E-state index contributed by atoms with van der Waals surface area (Å²) in [5, 5.41) is 1.94. The lowest BCUT2D eigenvalue weighted by Crippen LogP contribution is -2.27.